The van der Waals surface area contributed by atoms with E-state index in [9.17, 15) is 14.4 Å². The van der Waals surface area contributed by atoms with Crippen LogP contribution in [0.4, 0.5) is 0 Å². The highest BCUT2D eigenvalue weighted by atomic mass is 32.1. The van der Waals surface area contributed by atoms with Crippen LogP contribution in [-0.2, 0) is 14.4 Å². The number of rotatable bonds is 7. The highest BCUT2D eigenvalue weighted by molar-refractivity contribution is 7.80. The van der Waals surface area contributed by atoms with Crippen molar-refractivity contribution in [2.45, 2.75) is 24.9 Å². The van der Waals surface area contributed by atoms with E-state index in [4.69, 9.17) is 15.9 Å². The summed E-state index contributed by atoms with van der Waals surface area (Å²) >= 11 is 3.76. The maximum absolute atomic E-state index is 11.2. The summed E-state index contributed by atoms with van der Waals surface area (Å²) in [6.07, 6.45) is -0.175. The van der Waals surface area contributed by atoms with Crippen molar-refractivity contribution in [3.05, 3.63) is 0 Å². The van der Waals surface area contributed by atoms with E-state index < -0.39 is 29.9 Å². The van der Waals surface area contributed by atoms with Crippen LogP contribution in [0.15, 0.2) is 0 Å². The van der Waals surface area contributed by atoms with Gasteiger partial charge in [-0.3, -0.25) is 9.59 Å². The van der Waals surface area contributed by atoms with Gasteiger partial charge in [-0.1, -0.05) is 0 Å². The number of nitrogens with two attached hydrogens (primary N) is 1. The summed E-state index contributed by atoms with van der Waals surface area (Å²) in [5, 5.41) is 19.3. The van der Waals surface area contributed by atoms with E-state index >= 15 is 0 Å². The fraction of sp³-hybridized carbons (Fsp3) is 0.625. The normalized spacial score (nSPS) is 13.1. The van der Waals surface area contributed by atoms with Gasteiger partial charge in [-0.2, -0.15) is 12.6 Å². The fourth-order valence-electron chi connectivity index (χ4n) is 0.862. The zero-order chi connectivity index (χ0) is 12.7. The van der Waals surface area contributed by atoms with Crippen molar-refractivity contribution < 1.29 is 30.1 Å². The lowest BCUT2D eigenvalue weighted by Crippen LogP contribution is -2.42. The van der Waals surface area contributed by atoms with Crippen molar-refractivity contribution in [3.8, 4) is 0 Å². The van der Waals surface area contributed by atoms with Crippen LogP contribution in [0.2, 0.25) is 0 Å². The average Bonchev–Trinajstić information content (AvgIpc) is 2.21. The molecule has 0 aromatic carbocycles. The molecule has 0 radical (unpaired) electrons. The number of carbonyl (C=O) groups is 3. The standard InChI is InChI=1S/C8H14N2O5S.H2O/c9-4(7(12)13)1-2-6(11)10-5(3-16)8(14)15;/h4-5,16H,1-3,9H2,(H,10,11)(H,12,13)(H,14,15);1H2. The van der Waals surface area contributed by atoms with Gasteiger partial charge in [0.1, 0.15) is 12.1 Å². The molecule has 0 rings (SSSR count). The number of carbonyl (C=O) groups excluding carboxylic acids is 1. The van der Waals surface area contributed by atoms with Crippen LogP contribution in [0.5, 0.6) is 0 Å². The molecule has 0 aromatic rings. The minimum Gasteiger partial charge on any atom is -0.480 e. The van der Waals surface area contributed by atoms with E-state index in [2.05, 4.69) is 17.9 Å². The number of thiol groups is 1. The third-order valence-corrected chi connectivity index (χ3v) is 2.18. The van der Waals surface area contributed by atoms with Crippen molar-refractivity contribution in [2.75, 3.05) is 5.75 Å². The lowest BCUT2D eigenvalue weighted by atomic mass is 10.1. The van der Waals surface area contributed by atoms with E-state index in [-0.39, 0.29) is 24.1 Å². The van der Waals surface area contributed by atoms with Crippen LogP contribution in [0.3, 0.4) is 0 Å². The predicted molar refractivity (Wildman–Crippen MR) is 61.9 cm³/mol. The first kappa shape index (κ1) is 18.1. The number of amides is 1. The van der Waals surface area contributed by atoms with E-state index in [0.29, 0.717) is 0 Å². The third kappa shape index (κ3) is 7.55. The number of carboxylic acid groups (broad SMARTS) is 2. The van der Waals surface area contributed by atoms with Gasteiger partial charge in [-0.05, 0) is 6.42 Å². The molecule has 0 bridgehead atoms. The third-order valence-electron chi connectivity index (χ3n) is 1.82. The molecular formula is C8H16N2O6S. The summed E-state index contributed by atoms with van der Waals surface area (Å²) in [5.74, 6) is -2.98. The SMILES string of the molecule is NC(CCC(=O)NC(CS)C(=O)O)C(=O)O.O. The van der Waals surface area contributed by atoms with Gasteiger partial charge in [0.25, 0.3) is 0 Å². The van der Waals surface area contributed by atoms with Gasteiger partial charge in [0.15, 0.2) is 0 Å². The van der Waals surface area contributed by atoms with Crippen molar-refractivity contribution >= 4 is 30.5 Å². The molecule has 0 aliphatic rings. The summed E-state index contributed by atoms with van der Waals surface area (Å²) in [4.78, 5) is 32.1. The van der Waals surface area contributed by atoms with Crippen LogP contribution in [0, 0.1) is 0 Å². The molecule has 2 atom stereocenters. The van der Waals surface area contributed by atoms with Gasteiger partial charge in [-0.25, -0.2) is 4.79 Å². The first-order valence-electron chi connectivity index (χ1n) is 4.50. The van der Waals surface area contributed by atoms with Gasteiger partial charge in [0.2, 0.25) is 5.91 Å². The van der Waals surface area contributed by atoms with E-state index in [1.807, 2.05) is 0 Å². The predicted octanol–water partition coefficient (Wildman–Crippen LogP) is -2.15. The maximum atomic E-state index is 11.2. The van der Waals surface area contributed by atoms with Crippen molar-refractivity contribution in [2.24, 2.45) is 5.73 Å². The Hall–Kier alpha value is -1.32. The molecule has 7 N–H and O–H groups in total. The number of hydrogen-bond donors (Lipinski definition) is 5. The first-order chi connectivity index (χ1) is 7.38. The molecule has 8 nitrogen and oxygen atoms in total. The van der Waals surface area contributed by atoms with Gasteiger partial charge >= 0.3 is 11.9 Å². The summed E-state index contributed by atoms with van der Waals surface area (Å²) < 4.78 is 0. The lowest BCUT2D eigenvalue weighted by molar-refractivity contribution is -0.141. The van der Waals surface area contributed by atoms with Crippen LogP contribution >= 0.6 is 12.6 Å². The minimum absolute atomic E-state index is 0. The van der Waals surface area contributed by atoms with Crippen LogP contribution < -0.4 is 11.1 Å². The Kier molecular flexibility index (Phi) is 9.33. The summed E-state index contributed by atoms with van der Waals surface area (Å²) in [6, 6.07) is -2.19. The Bertz CT molecular complexity index is 285. The second-order valence-electron chi connectivity index (χ2n) is 3.12. The molecule has 2 unspecified atom stereocenters. The number of nitrogens with one attached hydrogen (secondary N) is 1. The Balaban J connectivity index is 0. The Morgan fingerprint density at radius 1 is 1.24 bits per heavy atom. The first-order valence-corrected chi connectivity index (χ1v) is 5.13. The molecule has 0 spiro atoms. The minimum atomic E-state index is -1.20. The summed E-state index contributed by atoms with van der Waals surface area (Å²) in [6.45, 7) is 0. The Labute approximate surface area is 103 Å². The second kappa shape index (κ2) is 8.79. The van der Waals surface area contributed by atoms with Gasteiger partial charge < -0.3 is 26.7 Å². The van der Waals surface area contributed by atoms with E-state index in [1.165, 1.54) is 0 Å². The van der Waals surface area contributed by atoms with Crippen molar-refractivity contribution in [1.82, 2.24) is 5.32 Å². The molecule has 0 saturated carbocycles. The maximum Gasteiger partial charge on any atom is 0.327 e. The number of carboxylic acids is 2. The van der Waals surface area contributed by atoms with E-state index in [0.717, 1.165) is 0 Å². The van der Waals surface area contributed by atoms with Gasteiger partial charge in [-0.15, -0.1) is 0 Å². The highest BCUT2D eigenvalue weighted by Gasteiger charge is 2.19. The van der Waals surface area contributed by atoms with Crippen molar-refractivity contribution in [3.63, 3.8) is 0 Å². The summed E-state index contributed by atoms with van der Waals surface area (Å²) in [7, 11) is 0. The van der Waals surface area contributed by atoms with Gasteiger partial charge in [0, 0.05) is 12.2 Å². The largest absolute Gasteiger partial charge is 0.480 e. The molecule has 17 heavy (non-hydrogen) atoms. The van der Waals surface area contributed by atoms with Crippen LogP contribution in [0.25, 0.3) is 0 Å². The monoisotopic (exact) mass is 268 g/mol. The average molecular weight is 268 g/mol. The number of hydrogen-bond acceptors (Lipinski definition) is 5. The highest BCUT2D eigenvalue weighted by Crippen LogP contribution is 1.97. The molecule has 1 amide bonds. The molecule has 0 aliphatic heterocycles. The molecule has 0 fully saturated rings. The lowest BCUT2D eigenvalue weighted by Gasteiger charge is -2.12. The topological polar surface area (TPSA) is 161 Å². The van der Waals surface area contributed by atoms with Gasteiger partial charge in [0.05, 0.1) is 0 Å². The molecule has 100 valence electrons. The number of aliphatic carboxylic acids is 2. The second-order valence-corrected chi connectivity index (χ2v) is 3.49. The molecule has 0 aliphatic carbocycles. The molecule has 0 saturated heterocycles. The molecule has 0 aromatic heterocycles. The van der Waals surface area contributed by atoms with Crippen LogP contribution in [0.1, 0.15) is 12.8 Å². The molecule has 0 heterocycles. The zero-order valence-electron chi connectivity index (χ0n) is 8.92. The Morgan fingerprint density at radius 2 is 1.76 bits per heavy atom. The molecular weight excluding hydrogens is 252 g/mol. The quantitative estimate of drug-likeness (QED) is 0.331. The summed E-state index contributed by atoms with van der Waals surface area (Å²) in [5.41, 5.74) is 5.18. The van der Waals surface area contributed by atoms with Crippen molar-refractivity contribution in [1.29, 1.82) is 0 Å². The van der Waals surface area contributed by atoms with E-state index in [1.54, 1.807) is 0 Å². The smallest absolute Gasteiger partial charge is 0.327 e. The van der Waals surface area contributed by atoms with Crippen LogP contribution in [-0.4, -0.2) is 51.4 Å². The molecule has 9 heteroatoms. The Morgan fingerprint density at radius 3 is 2.12 bits per heavy atom. The fourth-order valence-corrected chi connectivity index (χ4v) is 1.11. The zero-order valence-corrected chi connectivity index (χ0v) is 9.81.